The molecular weight excluding hydrogens is 387 g/mol. The van der Waals surface area contributed by atoms with Crippen molar-refractivity contribution in [2.75, 3.05) is 26.0 Å². The van der Waals surface area contributed by atoms with E-state index in [1.165, 1.54) is 13.1 Å². The lowest BCUT2D eigenvalue weighted by atomic mass is 10.1. The zero-order valence-corrected chi connectivity index (χ0v) is 14.6. The van der Waals surface area contributed by atoms with Crippen LogP contribution in [0.2, 0.25) is 0 Å². The minimum absolute atomic E-state index is 0.0437. The van der Waals surface area contributed by atoms with Crippen LogP contribution in [0.4, 0.5) is 27.6 Å². The maximum Gasteiger partial charge on any atom is 0.453 e. The monoisotopic (exact) mass is 404 g/mol. The van der Waals surface area contributed by atoms with Crippen LogP contribution in [-0.4, -0.2) is 47.2 Å². The third kappa shape index (κ3) is 5.27. The zero-order chi connectivity index (χ0) is 20.2. The Morgan fingerprint density at radius 3 is 2.31 bits per heavy atom. The van der Waals surface area contributed by atoms with Crippen molar-refractivity contribution in [3.05, 3.63) is 23.8 Å². The van der Waals surface area contributed by atoms with Crippen LogP contribution in [0.15, 0.2) is 23.1 Å². The van der Waals surface area contributed by atoms with Gasteiger partial charge in [-0.1, -0.05) is 0 Å². The summed E-state index contributed by atoms with van der Waals surface area (Å²) in [7, 11) is -1.63. The summed E-state index contributed by atoms with van der Waals surface area (Å²) in [5, 5.41) is 2.53. The molecule has 0 amide bonds. The van der Waals surface area contributed by atoms with E-state index in [-0.39, 0.29) is 22.7 Å². The summed E-state index contributed by atoms with van der Waals surface area (Å²) in [5.41, 5.74) is -0.159. The fourth-order valence-electron chi connectivity index (χ4n) is 1.92. The predicted octanol–water partition coefficient (Wildman–Crippen LogP) is 2.77. The van der Waals surface area contributed by atoms with E-state index in [9.17, 15) is 35.2 Å². The van der Waals surface area contributed by atoms with E-state index in [0.29, 0.717) is 0 Å². The van der Waals surface area contributed by atoms with Crippen LogP contribution in [0.1, 0.15) is 23.2 Å². The standard InChI is InChI=1S/C14H17F5N2O4S/c1-20-26(23,24)9-4-5-11(10(8-9)12(22)25-2)21-7-3-6-13(15,16)14(17,18)19/h4-5,8,20-21H,3,6-7H2,1-2H3. The van der Waals surface area contributed by atoms with Crippen molar-refractivity contribution >= 4 is 21.7 Å². The van der Waals surface area contributed by atoms with Gasteiger partial charge in [-0.2, -0.15) is 22.0 Å². The molecule has 1 aromatic carbocycles. The van der Waals surface area contributed by atoms with Gasteiger partial charge in [-0.25, -0.2) is 17.9 Å². The Morgan fingerprint density at radius 1 is 1.19 bits per heavy atom. The van der Waals surface area contributed by atoms with Crippen molar-refractivity contribution < 1.29 is 39.9 Å². The molecule has 6 nitrogen and oxygen atoms in total. The fourth-order valence-corrected chi connectivity index (χ4v) is 2.67. The number of esters is 1. The number of methoxy groups -OCH3 is 1. The normalized spacial score (nSPS) is 12.7. The molecule has 0 aliphatic carbocycles. The summed E-state index contributed by atoms with van der Waals surface area (Å²) in [6.45, 7) is -0.298. The van der Waals surface area contributed by atoms with Gasteiger partial charge in [0, 0.05) is 18.7 Å². The molecule has 0 saturated heterocycles. The average molecular weight is 404 g/mol. The number of rotatable bonds is 8. The van der Waals surface area contributed by atoms with E-state index in [0.717, 1.165) is 19.2 Å². The topological polar surface area (TPSA) is 84.5 Å². The Morgan fingerprint density at radius 2 is 1.81 bits per heavy atom. The number of sulfonamides is 1. The molecule has 1 rings (SSSR count). The third-order valence-corrected chi connectivity index (χ3v) is 4.79. The second kappa shape index (κ2) is 8.16. The molecule has 0 aliphatic heterocycles. The number of nitrogens with one attached hydrogen (secondary N) is 2. The number of alkyl halides is 5. The fraction of sp³-hybridized carbons (Fsp3) is 0.500. The number of halogens is 5. The van der Waals surface area contributed by atoms with Gasteiger partial charge in [0.05, 0.1) is 17.6 Å². The maximum atomic E-state index is 12.8. The van der Waals surface area contributed by atoms with Gasteiger partial charge in [0.25, 0.3) is 0 Å². The maximum absolute atomic E-state index is 12.8. The lowest BCUT2D eigenvalue weighted by Gasteiger charge is -2.19. The molecule has 1 aromatic rings. The molecule has 26 heavy (non-hydrogen) atoms. The number of anilines is 1. The molecular formula is C14H17F5N2O4S. The smallest absolute Gasteiger partial charge is 0.453 e. The Bertz CT molecular complexity index is 750. The van der Waals surface area contributed by atoms with Crippen molar-refractivity contribution in [1.82, 2.24) is 4.72 Å². The molecule has 0 aromatic heterocycles. The van der Waals surface area contributed by atoms with Crippen LogP contribution in [-0.2, 0) is 14.8 Å². The number of carbonyl (C=O) groups is 1. The van der Waals surface area contributed by atoms with Gasteiger partial charge in [-0.3, -0.25) is 0 Å². The molecule has 0 spiro atoms. The average Bonchev–Trinajstić information content (AvgIpc) is 2.56. The van der Waals surface area contributed by atoms with Gasteiger partial charge in [-0.05, 0) is 31.7 Å². The highest BCUT2D eigenvalue weighted by molar-refractivity contribution is 7.89. The first kappa shape index (κ1) is 22.1. The van der Waals surface area contributed by atoms with Crippen LogP contribution < -0.4 is 10.0 Å². The van der Waals surface area contributed by atoms with E-state index >= 15 is 0 Å². The highest BCUT2D eigenvalue weighted by atomic mass is 32.2. The summed E-state index contributed by atoms with van der Waals surface area (Å²) in [6, 6.07) is 3.34. The molecule has 12 heteroatoms. The molecule has 0 heterocycles. The molecule has 148 valence electrons. The van der Waals surface area contributed by atoms with Crippen molar-refractivity contribution in [3.63, 3.8) is 0 Å². The van der Waals surface area contributed by atoms with Gasteiger partial charge in [0.1, 0.15) is 0 Å². The highest BCUT2D eigenvalue weighted by Gasteiger charge is 2.56. The molecule has 0 atom stereocenters. The van der Waals surface area contributed by atoms with Gasteiger partial charge in [0.2, 0.25) is 10.0 Å². The molecule has 0 aliphatic rings. The first-order valence-electron chi connectivity index (χ1n) is 7.20. The van der Waals surface area contributed by atoms with Gasteiger partial charge >= 0.3 is 18.1 Å². The summed E-state index contributed by atoms with van der Waals surface area (Å²) in [6.07, 6.45) is -7.60. The van der Waals surface area contributed by atoms with Crippen molar-refractivity contribution in [3.8, 4) is 0 Å². The van der Waals surface area contributed by atoms with Gasteiger partial charge in [-0.15, -0.1) is 0 Å². The molecule has 0 radical (unpaired) electrons. The lowest BCUT2D eigenvalue weighted by molar-refractivity contribution is -0.284. The molecule has 0 unspecified atom stereocenters. The van der Waals surface area contributed by atoms with Crippen molar-refractivity contribution in [2.45, 2.75) is 29.8 Å². The predicted molar refractivity (Wildman–Crippen MR) is 82.8 cm³/mol. The zero-order valence-electron chi connectivity index (χ0n) is 13.8. The molecule has 0 fully saturated rings. The van der Waals surface area contributed by atoms with Crippen LogP contribution in [0.3, 0.4) is 0 Å². The van der Waals surface area contributed by atoms with Crippen LogP contribution >= 0.6 is 0 Å². The van der Waals surface area contributed by atoms with Gasteiger partial charge < -0.3 is 10.1 Å². The van der Waals surface area contributed by atoms with Crippen LogP contribution in [0.25, 0.3) is 0 Å². The van der Waals surface area contributed by atoms with Crippen molar-refractivity contribution in [2.24, 2.45) is 0 Å². The summed E-state index contributed by atoms with van der Waals surface area (Å²) < 4.78 is 92.1. The lowest BCUT2D eigenvalue weighted by Crippen LogP contribution is -2.36. The quantitative estimate of drug-likeness (QED) is 0.396. The Labute approximate surface area is 146 Å². The molecule has 0 bridgehead atoms. The number of hydrogen-bond acceptors (Lipinski definition) is 5. The number of hydrogen-bond donors (Lipinski definition) is 2. The van der Waals surface area contributed by atoms with E-state index in [1.807, 2.05) is 0 Å². The minimum atomic E-state index is -5.63. The first-order chi connectivity index (χ1) is 11.9. The Kier molecular flexibility index (Phi) is 6.94. The molecule has 2 N–H and O–H groups in total. The van der Waals surface area contributed by atoms with Crippen molar-refractivity contribution in [1.29, 1.82) is 0 Å². The highest BCUT2D eigenvalue weighted by Crippen LogP contribution is 2.38. The second-order valence-corrected chi connectivity index (χ2v) is 7.03. The van der Waals surface area contributed by atoms with E-state index < -0.39 is 40.9 Å². The second-order valence-electron chi connectivity index (χ2n) is 5.14. The van der Waals surface area contributed by atoms with E-state index in [4.69, 9.17) is 0 Å². The third-order valence-electron chi connectivity index (χ3n) is 3.37. The minimum Gasteiger partial charge on any atom is -0.465 e. The van der Waals surface area contributed by atoms with E-state index in [1.54, 1.807) is 0 Å². The van der Waals surface area contributed by atoms with Crippen LogP contribution in [0, 0.1) is 0 Å². The Balaban J connectivity index is 2.91. The number of ether oxygens (including phenoxy) is 1. The first-order valence-corrected chi connectivity index (χ1v) is 8.68. The number of carbonyl (C=O) groups excluding carboxylic acids is 1. The Hall–Kier alpha value is -1.95. The summed E-state index contributed by atoms with van der Waals surface area (Å²) in [5.74, 6) is -5.72. The molecule has 0 saturated carbocycles. The number of benzene rings is 1. The SMILES string of the molecule is CNS(=O)(=O)c1ccc(NCCCC(F)(F)C(F)(F)F)c(C(=O)OC)c1. The van der Waals surface area contributed by atoms with Gasteiger partial charge in [0.15, 0.2) is 0 Å². The van der Waals surface area contributed by atoms with Crippen LogP contribution in [0.5, 0.6) is 0 Å². The van der Waals surface area contributed by atoms with E-state index in [2.05, 4.69) is 14.8 Å². The summed E-state index contributed by atoms with van der Waals surface area (Å²) in [4.78, 5) is 11.5. The summed E-state index contributed by atoms with van der Waals surface area (Å²) >= 11 is 0. The largest absolute Gasteiger partial charge is 0.465 e.